The largest absolute Gasteiger partial charge is 0.418 e. The first-order valence-corrected chi connectivity index (χ1v) is 10.1. The minimum atomic E-state index is -4.64. The van der Waals surface area contributed by atoms with Crippen LogP contribution >= 0.6 is 12.8 Å². The first kappa shape index (κ1) is 24.6. The molecule has 0 bridgehead atoms. The highest BCUT2D eigenvalue weighted by atomic mass is 32.1. The van der Waals surface area contributed by atoms with E-state index in [4.69, 9.17) is 0 Å². The standard InChI is InChI=1S/C22H26F3N3O2S/c1-13(2)12-18(20(29)27-19-14(3)8-7-9-15(19)4)28(31)21(30)26-17-11-6-5-10-16(17)22(23,24)25/h5-11,13,18,31H,12H2,1-4H3,(H,26,30)(H,27,29). The molecule has 31 heavy (non-hydrogen) atoms. The van der Waals surface area contributed by atoms with Crippen LogP contribution in [0.25, 0.3) is 0 Å². The zero-order valence-electron chi connectivity index (χ0n) is 17.7. The van der Waals surface area contributed by atoms with E-state index in [0.717, 1.165) is 27.6 Å². The summed E-state index contributed by atoms with van der Waals surface area (Å²) in [6.45, 7) is 7.44. The molecular weight excluding hydrogens is 427 g/mol. The van der Waals surface area contributed by atoms with Crippen LogP contribution in [0.2, 0.25) is 0 Å². The molecule has 3 amide bonds. The van der Waals surface area contributed by atoms with Crippen LogP contribution in [0.5, 0.6) is 0 Å². The second kappa shape index (κ2) is 10.1. The summed E-state index contributed by atoms with van der Waals surface area (Å²) < 4.78 is 40.5. The maximum Gasteiger partial charge on any atom is 0.418 e. The van der Waals surface area contributed by atoms with E-state index in [-0.39, 0.29) is 12.3 Å². The smallest absolute Gasteiger partial charge is 0.324 e. The summed E-state index contributed by atoms with van der Waals surface area (Å²) in [4.78, 5) is 25.7. The Balaban J connectivity index is 2.26. The molecule has 0 saturated heterocycles. The molecule has 2 N–H and O–H groups in total. The van der Waals surface area contributed by atoms with Crippen LogP contribution in [-0.2, 0) is 11.0 Å². The van der Waals surface area contributed by atoms with Crippen molar-refractivity contribution in [1.29, 1.82) is 0 Å². The van der Waals surface area contributed by atoms with Crippen molar-refractivity contribution in [2.45, 2.75) is 46.3 Å². The van der Waals surface area contributed by atoms with Gasteiger partial charge < -0.3 is 10.6 Å². The quantitative estimate of drug-likeness (QED) is 0.466. The van der Waals surface area contributed by atoms with E-state index in [0.29, 0.717) is 5.69 Å². The zero-order valence-corrected chi connectivity index (χ0v) is 18.6. The molecule has 0 aliphatic rings. The minimum Gasteiger partial charge on any atom is -0.324 e. The van der Waals surface area contributed by atoms with Crippen molar-refractivity contribution >= 4 is 36.1 Å². The fraction of sp³-hybridized carbons (Fsp3) is 0.364. The molecular formula is C22H26F3N3O2S. The number of rotatable bonds is 6. The van der Waals surface area contributed by atoms with Gasteiger partial charge in [0.05, 0.1) is 11.3 Å². The maximum atomic E-state index is 13.2. The molecule has 0 aliphatic carbocycles. The van der Waals surface area contributed by atoms with E-state index >= 15 is 0 Å². The lowest BCUT2D eigenvalue weighted by Crippen LogP contribution is -2.45. The molecule has 0 fully saturated rings. The molecule has 2 aromatic rings. The molecule has 2 aromatic carbocycles. The number of amides is 3. The highest BCUT2D eigenvalue weighted by Crippen LogP contribution is 2.35. The van der Waals surface area contributed by atoms with Gasteiger partial charge in [0.1, 0.15) is 6.04 Å². The van der Waals surface area contributed by atoms with Crippen LogP contribution in [0.3, 0.4) is 0 Å². The predicted molar refractivity (Wildman–Crippen MR) is 119 cm³/mol. The maximum absolute atomic E-state index is 13.2. The van der Waals surface area contributed by atoms with Gasteiger partial charge in [-0.25, -0.2) is 4.79 Å². The third kappa shape index (κ3) is 6.40. The van der Waals surface area contributed by atoms with E-state index < -0.39 is 35.4 Å². The number of alkyl halides is 3. The van der Waals surface area contributed by atoms with Gasteiger partial charge in [0.25, 0.3) is 0 Å². The van der Waals surface area contributed by atoms with Crippen LogP contribution in [0.15, 0.2) is 42.5 Å². The van der Waals surface area contributed by atoms with E-state index in [1.807, 2.05) is 45.9 Å². The summed E-state index contributed by atoms with van der Waals surface area (Å²) in [6, 6.07) is 8.27. The number of anilines is 2. The Morgan fingerprint density at radius 3 is 2.13 bits per heavy atom. The van der Waals surface area contributed by atoms with Gasteiger partial charge in [-0.2, -0.15) is 13.2 Å². The molecule has 0 heterocycles. The number of nitrogens with zero attached hydrogens (tertiary/aromatic N) is 1. The molecule has 168 valence electrons. The molecule has 0 aliphatic heterocycles. The highest BCUT2D eigenvalue weighted by molar-refractivity contribution is 7.78. The summed E-state index contributed by atoms with van der Waals surface area (Å²) >= 11 is 4.17. The molecule has 0 radical (unpaired) electrons. The molecule has 0 spiro atoms. The number of benzene rings is 2. The summed E-state index contributed by atoms with van der Waals surface area (Å²) in [7, 11) is 0. The second-order valence-electron chi connectivity index (χ2n) is 7.72. The monoisotopic (exact) mass is 453 g/mol. The van der Waals surface area contributed by atoms with E-state index in [9.17, 15) is 22.8 Å². The number of halogens is 3. The molecule has 1 atom stereocenters. The number of carbonyl (C=O) groups is 2. The van der Waals surface area contributed by atoms with Crippen molar-refractivity contribution in [1.82, 2.24) is 4.31 Å². The van der Waals surface area contributed by atoms with E-state index in [1.54, 1.807) is 0 Å². The summed E-state index contributed by atoms with van der Waals surface area (Å²) in [6.07, 6.45) is -4.36. The number of aryl methyl sites for hydroxylation is 2. The van der Waals surface area contributed by atoms with Crippen molar-refractivity contribution in [3.8, 4) is 0 Å². The lowest BCUT2D eigenvalue weighted by Gasteiger charge is -2.28. The Kier molecular flexibility index (Phi) is 8.00. The van der Waals surface area contributed by atoms with Gasteiger partial charge in [-0.15, -0.1) is 0 Å². The van der Waals surface area contributed by atoms with Gasteiger partial charge in [0.2, 0.25) is 5.91 Å². The van der Waals surface area contributed by atoms with Crippen molar-refractivity contribution in [3.63, 3.8) is 0 Å². The first-order chi connectivity index (χ1) is 14.4. The van der Waals surface area contributed by atoms with Gasteiger partial charge in [0, 0.05) is 5.69 Å². The van der Waals surface area contributed by atoms with Crippen molar-refractivity contribution in [2.75, 3.05) is 10.6 Å². The number of hydrogen-bond donors (Lipinski definition) is 3. The Labute approximate surface area is 185 Å². The number of carbonyl (C=O) groups excluding carboxylic acids is 2. The zero-order chi connectivity index (χ0) is 23.3. The predicted octanol–water partition coefficient (Wildman–Crippen LogP) is 6.05. The average Bonchev–Trinajstić information content (AvgIpc) is 2.67. The van der Waals surface area contributed by atoms with Crippen molar-refractivity contribution in [2.24, 2.45) is 5.92 Å². The van der Waals surface area contributed by atoms with Crippen LogP contribution < -0.4 is 10.6 Å². The number of nitrogens with one attached hydrogen (secondary N) is 2. The summed E-state index contributed by atoms with van der Waals surface area (Å²) in [5.41, 5.74) is 0.950. The first-order valence-electron chi connectivity index (χ1n) is 9.74. The summed E-state index contributed by atoms with van der Waals surface area (Å²) in [5, 5.41) is 5.05. The number of hydrogen-bond acceptors (Lipinski definition) is 3. The van der Waals surface area contributed by atoms with Gasteiger partial charge in [-0.1, -0.05) is 57.0 Å². The van der Waals surface area contributed by atoms with Crippen molar-refractivity contribution < 1.29 is 22.8 Å². The van der Waals surface area contributed by atoms with Gasteiger partial charge >= 0.3 is 12.2 Å². The topological polar surface area (TPSA) is 61.4 Å². The molecule has 9 heteroatoms. The van der Waals surface area contributed by atoms with Crippen LogP contribution in [-0.4, -0.2) is 22.3 Å². The van der Waals surface area contributed by atoms with Crippen molar-refractivity contribution in [3.05, 3.63) is 59.2 Å². The van der Waals surface area contributed by atoms with E-state index in [2.05, 4.69) is 23.4 Å². The second-order valence-corrected chi connectivity index (χ2v) is 8.15. The molecule has 0 saturated carbocycles. The Morgan fingerprint density at radius 1 is 1.00 bits per heavy atom. The van der Waals surface area contributed by atoms with Gasteiger partial charge in [-0.05, 0) is 49.4 Å². The molecule has 2 rings (SSSR count). The number of para-hydroxylation sites is 2. The van der Waals surface area contributed by atoms with Crippen LogP contribution in [0.4, 0.5) is 29.3 Å². The molecule has 1 unspecified atom stereocenters. The molecule has 0 aromatic heterocycles. The van der Waals surface area contributed by atoms with Crippen LogP contribution in [0.1, 0.15) is 37.0 Å². The van der Waals surface area contributed by atoms with Crippen LogP contribution in [0, 0.1) is 19.8 Å². The lowest BCUT2D eigenvalue weighted by atomic mass is 10.0. The lowest BCUT2D eigenvalue weighted by molar-refractivity contribution is -0.137. The third-order valence-electron chi connectivity index (χ3n) is 4.70. The minimum absolute atomic E-state index is 0.0265. The fourth-order valence-corrected chi connectivity index (χ4v) is 3.39. The Bertz CT molecular complexity index is 928. The Hall–Kier alpha value is -2.68. The van der Waals surface area contributed by atoms with E-state index in [1.165, 1.54) is 12.1 Å². The summed E-state index contributed by atoms with van der Waals surface area (Å²) in [5.74, 6) is -0.445. The highest BCUT2D eigenvalue weighted by Gasteiger charge is 2.35. The Morgan fingerprint density at radius 2 is 1.58 bits per heavy atom. The SMILES string of the molecule is Cc1cccc(C)c1NC(=O)C(CC(C)C)N(S)C(=O)Nc1ccccc1C(F)(F)F. The number of urea groups is 1. The van der Waals surface area contributed by atoms with Gasteiger partial charge in [0.15, 0.2) is 0 Å². The molecule has 5 nitrogen and oxygen atoms in total. The average molecular weight is 454 g/mol. The normalized spacial score (nSPS) is 12.4. The number of thiol groups is 1. The fourth-order valence-electron chi connectivity index (χ4n) is 3.14. The van der Waals surface area contributed by atoms with Gasteiger partial charge in [-0.3, -0.25) is 9.10 Å². The third-order valence-corrected chi connectivity index (χ3v) is 5.16.